The third-order valence-corrected chi connectivity index (χ3v) is 7.09. The summed E-state index contributed by atoms with van der Waals surface area (Å²) in [6, 6.07) is 9.77. The molecule has 25 heavy (non-hydrogen) atoms. The van der Waals surface area contributed by atoms with E-state index in [0.717, 1.165) is 27.1 Å². The Kier molecular flexibility index (Phi) is 7.66. The molecular weight excluding hydrogens is 436 g/mol. The standard InChI is InChI=1S/C23H32Br2/c1-2-3-17-4-8-19(9-5-17)21-12-14-22(15-13-21)20-10-6-18(7-11-20)16-23(24)25/h12-20H,2-11H2,1H3. The Bertz CT molecular complexity index is 540. The third kappa shape index (κ3) is 5.70. The molecule has 2 fully saturated rings. The Labute approximate surface area is 171 Å². The van der Waals surface area contributed by atoms with Crippen molar-refractivity contribution in [3.63, 3.8) is 0 Å². The van der Waals surface area contributed by atoms with Crippen LogP contribution < -0.4 is 0 Å². The topological polar surface area (TPSA) is 0 Å². The summed E-state index contributed by atoms with van der Waals surface area (Å²) in [6.45, 7) is 2.33. The van der Waals surface area contributed by atoms with Crippen molar-refractivity contribution in [3.8, 4) is 0 Å². The molecule has 0 heterocycles. The molecule has 2 heteroatoms. The van der Waals surface area contributed by atoms with Gasteiger partial charge in [0.05, 0.1) is 3.39 Å². The van der Waals surface area contributed by atoms with Crippen LogP contribution in [0.5, 0.6) is 0 Å². The van der Waals surface area contributed by atoms with E-state index in [2.05, 4.69) is 69.1 Å². The fourth-order valence-electron chi connectivity index (χ4n) is 5.03. The first-order valence-corrected chi connectivity index (χ1v) is 11.9. The summed E-state index contributed by atoms with van der Waals surface area (Å²) in [5.74, 6) is 3.33. The van der Waals surface area contributed by atoms with Crippen LogP contribution in [-0.4, -0.2) is 0 Å². The summed E-state index contributed by atoms with van der Waals surface area (Å²) in [7, 11) is 0. The van der Waals surface area contributed by atoms with E-state index >= 15 is 0 Å². The maximum Gasteiger partial charge on any atom is 0.0567 e. The molecule has 138 valence electrons. The van der Waals surface area contributed by atoms with E-state index in [1.807, 2.05) is 0 Å². The normalized spacial score (nSPS) is 30.0. The first-order valence-electron chi connectivity index (χ1n) is 10.3. The van der Waals surface area contributed by atoms with Crippen LogP contribution in [-0.2, 0) is 0 Å². The van der Waals surface area contributed by atoms with Crippen molar-refractivity contribution in [1.82, 2.24) is 0 Å². The fraction of sp³-hybridized carbons (Fsp3) is 0.652. The monoisotopic (exact) mass is 466 g/mol. The second-order valence-corrected chi connectivity index (χ2v) is 11.0. The van der Waals surface area contributed by atoms with Gasteiger partial charge in [-0.3, -0.25) is 0 Å². The van der Waals surface area contributed by atoms with Crippen molar-refractivity contribution in [2.75, 3.05) is 0 Å². The predicted molar refractivity (Wildman–Crippen MR) is 117 cm³/mol. The predicted octanol–water partition coefficient (Wildman–Crippen LogP) is 8.67. The Balaban J connectivity index is 1.52. The van der Waals surface area contributed by atoms with E-state index in [4.69, 9.17) is 0 Å². The van der Waals surface area contributed by atoms with Crippen LogP contribution in [0.15, 0.2) is 33.7 Å². The highest BCUT2D eigenvalue weighted by Gasteiger charge is 2.23. The summed E-state index contributed by atoms with van der Waals surface area (Å²) in [6.07, 6.45) is 16.1. The van der Waals surface area contributed by atoms with E-state index in [1.54, 1.807) is 11.1 Å². The number of allylic oxidation sites excluding steroid dienone is 1. The van der Waals surface area contributed by atoms with E-state index < -0.39 is 0 Å². The Morgan fingerprint density at radius 2 is 1.32 bits per heavy atom. The molecule has 0 radical (unpaired) electrons. The van der Waals surface area contributed by atoms with Crippen LogP contribution in [0.2, 0.25) is 0 Å². The lowest BCUT2D eigenvalue weighted by Gasteiger charge is -2.30. The van der Waals surface area contributed by atoms with Gasteiger partial charge in [0, 0.05) is 0 Å². The van der Waals surface area contributed by atoms with Gasteiger partial charge in [-0.2, -0.15) is 0 Å². The molecule has 0 unspecified atom stereocenters. The minimum absolute atomic E-state index is 0.738. The van der Waals surface area contributed by atoms with Gasteiger partial charge in [0.2, 0.25) is 0 Å². The summed E-state index contributed by atoms with van der Waals surface area (Å²) in [5.41, 5.74) is 3.17. The van der Waals surface area contributed by atoms with Gasteiger partial charge >= 0.3 is 0 Å². The highest BCUT2D eigenvalue weighted by atomic mass is 79.9. The molecule has 2 saturated carbocycles. The van der Waals surface area contributed by atoms with E-state index in [1.165, 1.54) is 64.2 Å². The van der Waals surface area contributed by atoms with Crippen LogP contribution in [0.25, 0.3) is 0 Å². The molecule has 0 nitrogen and oxygen atoms in total. The van der Waals surface area contributed by atoms with Crippen molar-refractivity contribution in [2.45, 2.75) is 83.0 Å². The van der Waals surface area contributed by atoms with Crippen molar-refractivity contribution in [2.24, 2.45) is 11.8 Å². The van der Waals surface area contributed by atoms with Gasteiger partial charge in [0.15, 0.2) is 0 Å². The lowest BCUT2D eigenvalue weighted by Crippen LogP contribution is -2.14. The van der Waals surface area contributed by atoms with Gasteiger partial charge in [-0.05, 0) is 118 Å². The maximum absolute atomic E-state index is 3.51. The second kappa shape index (κ2) is 9.74. The zero-order chi connectivity index (χ0) is 17.6. The van der Waals surface area contributed by atoms with Gasteiger partial charge in [0.1, 0.15) is 0 Å². The highest BCUT2D eigenvalue weighted by Crippen LogP contribution is 2.40. The van der Waals surface area contributed by atoms with Crippen LogP contribution in [0, 0.1) is 11.8 Å². The van der Waals surface area contributed by atoms with Crippen LogP contribution in [0.1, 0.15) is 94.1 Å². The molecule has 0 spiro atoms. The van der Waals surface area contributed by atoms with Gasteiger partial charge < -0.3 is 0 Å². The molecule has 0 atom stereocenters. The summed E-state index contributed by atoms with van der Waals surface area (Å²) >= 11 is 7.01. The Morgan fingerprint density at radius 1 is 0.840 bits per heavy atom. The molecule has 0 bridgehead atoms. The average Bonchev–Trinajstić information content (AvgIpc) is 2.63. The minimum atomic E-state index is 0.738. The lowest BCUT2D eigenvalue weighted by atomic mass is 9.76. The molecule has 1 aromatic carbocycles. The zero-order valence-corrected chi connectivity index (χ0v) is 18.7. The van der Waals surface area contributed by atoms with Crippen LogP contribution in [0.4, 0.5) is 0 Å². The summed E-state index contributed by atoms with van der Waals surface area (Å²) in [5, 5.41) is 0. The number of hydrogen-bond donors (Lipinski definition) is 0. The first-order chi connectivity index (χ1) is 12.2. The Morgan fingerprint density at radius 3 is 1.76 bits per heavy atom. The highest BCUT2D eigenvalue weighted by molar-refractivity contribution is 9.28. The zero-order valence-electron chi connectivity index (χ0n) is 15.5. The van der Waals surface area contributed by atoms with Crippen LogP contribution >= 0.6 is 31.9 Å². The molecular formula is C23H32Br2. The largest absolute Gasteiger partial charge is 0.0654 e. The second-order valence-electron chi connectivity index (χ2n) is 8.24. The maximum atomic E-state index is 3.51. The molecule has 0 aliphatic heterocycles. The SMILES string of the molecule is CCCC1CCC(c2ccc(C3CCC(C=C(Br)Br)CC3)cc2)CC1. The smallest absolute Gasteiger partial charge is 0.0567 e. The number of rotatable bonds is 5. The molecule has 2 aliphatic rings. The van der Waals surface area contributed by atoms with Crippen molar-refractivity contribution >= 4 is 31.9 Å². The van der Waals surface area contributed by atoms with E-state index in [9.17, 15) is 0 Å². The van der Waals surface area contributed by atoms with E-state index in [0.29, 0.717) is 0 Å². The van der Waals surface area contributed by atoms with Gasteiger partial charge in [-0.25, -0.2) is 0 Å². The minimum Gasteiger partial charge on any atom is -0.0654 e. The quantitative estimate of drug-likeness (QED) is 0.406. The molecule has 1 aromatic rings. The molecule has 0 N–H and O–H groups in total. The molecule has 0 aromatic heterocycles. The summed E-state index contributed by atoms with van der Waals surface area (Å²) in [4.78, 5) is 0. The summed E-state index contributed by atoms with van der Waals surface area (Å²) < 4.78 is 1.11. The number of benzene rings is 1. The first kappa shape index (κ1) is 19.7. The number of hydrogen-bond acceptors (Lipinski definition) is 0. The fourth-order valence-corrected chi connectivity index (χ4v) is 5.78. The van der Waals surface area contributed by atoms with Gasteiger partial charge in [-0.15, -0.1) is 0 Å². The van der Waals surface area contributed by atoms with Crippen molar-refractivity contribution < 1.29 is 0 Å². The van der Waals surface area contributed by atoms with E-state index in [-0.39, 0.29) is 0 Å². The molecule has 0 amide bonds. The van der Waals surface area contributed by atoms with Crippen molar-refractivity contribution in [3.05, 3.63) is 44.9 Å². The molecule has 2 aliphatic carbocycles. The van der Waals surface area contributed by atoms with Crippen LogP contribution in [0.3, 0.4) is 0 Å². The number of halogens is 2. The lowest BCUT2D eigenvalue weighted by molar-refractivity contribution is 0.308. The Hall–Kier alpha value is -0.0800. The average molecular weight is 468 g/mol. The van der Waals surface area contributed by atoms with Crippen molar-refractivity contribution in [1.29, 1.82) is 0 Å². The third-order valence-electron chi connectivity index (χ3n) is 6.56. The molecule has 0 saturated heterocycles. The molecule has 3 rings (SSSR count). The van der Waals surface area contributed by atoms with Gasteiger partial charge in [0.25, 0.3) is 0 Å². The van der Waals surface area contributed by atoms with Gasteiger partial charge in [-0.1, -0.05) is 50.1 Å².